The summed E-state index contributed by atoms with van der Waals surface area (Å²) in [5.74, 6) is 3.07. The van der Waals surface area contributed by atoms with Crippen molar-refractivity contribution in [3.63, 3.8) is 0 Å². The van der Waals surface area contributed by atoms with Crippen molar-refractivity contribution in [1.82, 2.24) is 25.4 Å². The first kappa shape index (κ1) is 21.7. The molecule has 1 saturated carbocycles. The summed E-state index contributed by atoms with van der Waals surface area (Å²) in [6, 6.07) is 11.8. The number of aliphatic imine (C=N–C) groups is 1. The summed E-state index contributed by atoms with van der Waals surface area (Å²) in [7, 11) is 3.44. The van der Waals surface area contributed by atoms with Crippen molar-refractivity contribution in [3.8, 4) is 17.3 Å². The Kier molecular flexibility index (Phi) is 7.22. The third kappa shape index (κ3) is 5.38. The van der Waals surface area contributed by atoms with Gasteiger partial charge in [-0.2, -0.15) is 5.10 Å². The predicted molar refractivity (Wildman–Crippen MR) is 124 cm³/mol. The maximum atomic E-state index is 6.33. The van der Waals surface area contributed by atoms with E-state index >= 15 is 0 Å². The number of nitrogens with zero attached hydrogens (tertiary/aromatic N) is 4. The second-order valence-electron chi connectivity index (χ2n) is 7.73. The zero-order chi connectivity index (χ0) is 22.2. The van der Waals surface area contributed by atoms with Gasteiger partial charge in [0.15, 0.2) is 23.3 Å². The topological polar surface area (TPSA) is 85.6 Å². The van der Waals surface area contributed by atoms with Crippen LogP contribution in [-0.2, 0) is 13.1 Å². The van der Waals surface area contributed by atoms with Gasteiger partial charge in [0, 0.05) is 44.3 Å². The molecule has 0 spiro atoms. The van der Waals surface area contributed by atoms with Gasteiger partial charge in [-0.1, -0.05) is 12.1 Å². The fourth-order valence-electron chi connectivity index (χ4n) is 3.85. The van der Waals surface area contributed by atoms with Gasteiger partial charge in [-0.15, -0.1) is 0 Å². The Hall–Kier alpha value is -3.55. The highest BCUT2D eigenvalue weighted by Gasteiger charge is 2.20. The monoisotopic (exact) mass is 434 g/mol. The van der Waals surface area contributed by atoms with Gasteiger partial charge >= 0.3 is 0 Å². The van der Waals surface area contributed by atoms with Crippen molar-refractivity contribution in [2.45, 2.75) is 44.9 Å². The first-order valence-electron chi connectivity index (χ1n) is 11.0. The molecule has 8 heteroatoms. The zero-order valence-electron chi connectivity index (χ0n) is 18.6. The van der Waals surface area contributed by atoms with Crippen molar-refractivity contribution >= 4 is 5.96 Å². The third-order valence-electron chi connectivity index (χ3n) is 5.55. The molecule has 2 aromatic heterocycles. The van der Waals surface area contributed by atoms with Crippen LogP contribution in [-0.4, -0.2) is 41.0 Å². The fraction of sp³-hybridized carbons (Fsp3) is 0.375. The summed E-state index contributed by atoms with van der Waals surface area (Å²) in [4.78, 5) is 8.73. The molecule has 1 fully saturated rings. The first-order chi connectivity index (χ1) is 15.8. The Morgan fingerprint density at radius 1 is 1.12 bits per heavy atom. The molecule has 32 heavy (non-hydrogen) atoms. The molecule has 2 N–H and O–H groups in total. The second-order valence-corrected chi connectivity index (χ2v) is 7.73. The number of rotatable bonds is 8. The van der Waals surface area contributed by atoms with E-state index in [0.717, 1.165) is 41.3 Å². The number of para-hydroxylation sites is 1. The highest BCUT2D eigenvalue weighted by atomic mass is 16.5. The van der Waals surface area contributed by atoms with E-state index in [1.807, 2.05) is 36.5 Å². The summed E-state index contributed by atoms with van der Waals surface area (Å²) in [6.07, 6.45) is 10.3. The van der Waals surface area contributed by atoms with E-state index in [-0.39, 0.29) is 6.10 Å². The van der Waals surface area contributed by atoms with Crippen molar-refractivity contribution in [2.75, 3.05) is 14.2 Å². The molecule has 0 atom stereocenters. The molecule has 168 valence electrons. The molecule has 2 heterocycles. The number of pyridine rings is 1. The molecule has 4 rings (SSSR count). The maximum Gasteiger partial charge on any atom is 0.191 e. The third-order valence-corrected chi connectivity index (χ3v) is 5.55. The Labute approximate surface area is 188 Å². The largest absolute Gasteiger partial charge is 0.493 e. The first-order valence-corrected chi connectivity index (χ1v) is 11.0. The summed E-state index contributed by atoms with van der Waals surface area (Å²) in [6.45, 7) is 1.19. The number of guanidine groups is 1. The van der Waals surface area contributed by atoms with E-state index in [2.05, 4.69) is 31.8 Å². The van der Waals surface area contributed by atoms with Gasteiger partial charge in [-0.25, -0.2) is 9.67 Å². The number of hydrogen-bond acceptors (Lipinski definition) is 5. The SMILES string of the molecule is CN=C(NCc1ccnc(-n2cccn2)c1)NCc1cccc(OC)c1OC1CCCC1. The predicted octanol–water partition coefficient (Wildman–Crippen LogP) is 3.46. The lowest BCUT2D eigenvalue weighted by Crippen LogP contribution is -2.36. The number of methoxy groups -OCH3 is 1. The molecule has 0 unspecified atom stereocenters. The molecule has 8 nitrogen and oxygen atoms in total. The average Bonchev–Trinajstić information content (AvgIpc) is 3.55. The van der Waals surface area contributed by atoms with Gasteiger partial charge in [0.2, 0.25) is 0 Å². The summed E-state index contributed by atoms with van der Waals surface area (Å²) in [5, 5.41) is 11.0. The van der Waals surface area contributed by atoms with Gasteiger partial charge in [-0.3, -0.25) is 4.99 Å². The second kappa shape index (κ2) is 10.7. The molecule has 1 aromatic carbocycles. The molecule has 0 aliphatic heterocycles. The Bertz CT molecular complexity index is 1030. The highest BCUT2D eigenvalue weighted by Crippen LogP contribution is 2.34. The molecule has 0 saturated heterocycles. The smallest absolute Gasteiger partial charge is 0.191 e. The van der Waals surface area contributed by atoms with Gasteiger partial charge < -0.3 is 20.1 Å². The van der Waals surface area contributed by atoms with Gasteiger partial charge in [-0.05, 0) is 55.5 Å². The fourth-order valence-corrected chi connectivity index (χ4v) is 3.85. The molecular weight excluding hydrogens is 404 g/mol. The molecular formula is C24H30N6O2. The minimum atomic E-state index is 0.262. The minimum absolute atomic E-state index is 0.262. The normalized spacial score (nSPS) is 14.4. The number of nitrogens with one attached hydrogen (secondary N) is 2. The summed E-state index contributed by atoms with van der Waals surface area (Å²) < 4.78 is 13.6. The zero-order valence-corrected chi connectivity index (χ0v) is 18.6. The molecule has 0 amide bonds. The van der Waals surface area contributed by atoms with Crippen molar-refractivity contribution in [2.24, 2.45) is 4.99 Å². The quantitative estimate of drug-likeness (QED) is 0.417. The summed E-state index contributed by atoms with van der Waals surface area (Å²) in [5.41, 5.74) is 2.13. The van der Waals surface area contributed by atoms with Crippen molar-refractivity contribution in [1.29, 1.82) is 0 Å². The van der Waals surface area contributed by atoms with E-state index in [0.29, 0.717) is 19.0 Å². The highest BCUT2D eigenvalue weighted by molar-refractivity contribution is 5.79. The van der Waals surface area contributed by atoms with Gasteiger partial charge in [0.25, 0.3) is 0 Å². The van der Waals surface area contributed by atoms with Crippen LogP contribution in [0.15, 0.2) is 60.0 Å². The van der Waals surface area contributed by atoms with E-state index in [9.17, 15) is 0 Å². The van der Waals surface area contributed by atoms with Crippen LogP contribution in [0, 0.1) is 0 Å². The lowest BCUT2D eigenvalue weighted by atomic mass is 10.1. The van der Waals surface area contributed by atoms with Crippen LogP contribution < -0.4 is 20.1 Å². The van der Waals surface area contributed by atoms with Gasteiger partial charge in [0.1, 0.15) is 0 Å². The van der Waals surface area contributed by atoms with Crippen LogP contribution in [0.25, 0.3) is 5.82 Å². The number of benzene rings is 1. The molecule has 3 aromatic rings. The number of aromatic nitrogens is 3. The van der Waals surface area contributed by atoms with E-state index < -0.39 is 0 Å². The van der Waals surface area contributed by atoms with E-state index in [1.54, 1.807) is 31.2 Å². The van der Waals surface area contributed by atoms with Crippen LogP contribution in [0.1, 0.15) is 36.8 Å². The van der Waals surface area contributed by atoms with Crippen molar-refractivity contribution < 1.29 is 9.47 Å². The Balaban J connectivity index is 1.38. The molecule has 0 radical (unpaired) electrons. The Morgan fingerprint density at radius 2 is 1.97 bits per heavy atom. The lowest BCUT2D eigenvalue weighted by molar-refractivity contribution is 0.198. The number of ether oxygens (including phenoxy) is 2. The Morgan fingerprint density at radius 3 is 2.72 bits per heavy atom. The van der Waals surface area contributed by atoms with Crippen LogP contribution in [0.4, 0.5) is 0 Å². The van der Waals surface area contributed by atoms with Gasteiger partial charge in [0.05, 0.1) is 13.2 Å². The molecule has 1 aliphatic rings. The van der Waals surface area contributed by atoms with Crippen LogP contribution in [0.5, 0.6) is 11.5 Å². The number of hydrogen-bond donors (Lipinski definition) is 2. The minimum Gasteiger partial charge on any atom is -0.493 e. The standard InChI is InChI=1S/C24H30N6O2/c1-25-24(27-16-18-11-13-26-22(15-18)30-14-6-12-29-30)28-17-19-7-5-10-21(31-2)23(19)32-20-8-3-4-9-20/h5-7,10-15,20H,3-4,8-9,16-17H2,1-2H3,(H2,25,27,28). The molecule has 0 bridgehead atoms. The summed E-state index contributed by atoms with van der Waals surface area (Å²) >= 11 is 0. The van der Waals surface area contributed by atoms with Crippen molar-refractivity contribution in [3.05, 3.63) is 66.1 Å². The lowest BCUT2D eigenvalue weighted by Gasteiger charge is -2.20. The molecule has 1 aliphatic carbocycles. The average molecular weight is 435 g/mol. The van der Waals surface area contributed by atoms with E-state index in [4.69, 9.17) is 9.47 Å². The van der Waals surface area contributed by atoms with Crippen LogP contribution in [0.2, 0.25) is 0 Å². The van der Waals surface area contributed by atoms with Crippen LogP contribution in [0.3, 0.4) is 0 Å². The van der Waals surface area contributed by atoms with E-state index in [1.165, 1.54) is 12.8 Å². The maximum absolute atomic E-state index is 6.33. The van der Waals surface area contributed by atoms with Crippen LogP contribution >= 0.6 is 0 Å².